The molecule has 0 bridgehead atoms. The molecule has 1 heterocycles. The third-order valence-electron chi connectivity index (χ3n) is 2.45. The summed E-state index contributed by atoms with van der Waals surface area (Å²) in [6.45, 7) is 6.43. The SMILES string of the molecule is CC(C)(C)CC(O)CNc1cc(C(=O)O)c(Cl)cn1. The number of carbonyl (C=O) groups is 1. The quantitative estimate of drug-likeness (QED) is 0.775. The molecule has 0 aromatic carbocycles. The molecule has 1 aromatic heterocycles. The van der Waals surface area contributed by atoms with Crippen molar-refractivity contribution in [2.24, 2.45) is 5.41 Å². The van der Waals surface area contributed by atoms with Crippen LogP contribution in [0.25, 0.3) is 0 Å². The molecule has 1 aromatic rings. The molecule has 1 atom stereocenters. The molecule has 3 N–H and O–H groups in total. The number of carboxylic acids is 1. The van der Waals surface area contributed by atoms with Gasteiger partial charge < -0.3 is 15.5 Å². The van der Waals surface area contributed by atoms with E-state index in [4.69, 9.17) is 16.7 Å². The molecule has 0 saturated carbocycles. The van der Waals surface area contributed by atoms with Gasteiger partial charge in [0.25, 0.3) is 0 Å². The van der Waals surface area contributed by atoms with Gasteiger partial charge in [-0.2, -0.15) is 0 Å². The van der Waals surface area contributed by atoms with E-state index >= 15 is 0 Å². The van der Waals surface area contributed by atoms with Crippen molar-refractivity contribution in [3.63, 3.8) is 0 Å². The fourth-order valence-electron chi connectivity index (χ4n) is 1.70. The molecule has 1 rings (SSSR count). The number of nitrogens with zero attached hydrogens (tertiary/aromatic N) is 1. The van der Waals surface area contributed by atoms with Gasteiger partial charge in [0.05, 0.1) is 16.7 Å². The van der Waals surface area contributed by atoms with Gasteiger partial charge >= 0.3 is 5.97 Å². The monoisotopic (exact) mass is 286 g/mol. The highest BCUT2D eigenvalue weighted by molar-refractivity contribution is 6.33. The van der Waals surface area contributed by atoms with Gasteiger partial charge in [0.2, 0.25) is 0 Å². The van der Waals surface area contributed by atoms with E-state index in [1.54, 1.807) is 0 Å². The van der Waals surface area contributed by atoms with Crippen molar-refractivity contribution >= 4 is 23.4 Å². The Bertz CT molecular complexity index is 458. The standard InChI is InChI=1S/C13H19ClN2O3/c1-13(2,3)5-8(17)6-15-11-4-9(12(18)19)10(14)7-16-11/h4,7-8,17H,5-6H2,1-3H3,(H,15,16)(H,18,19). The summed E-state index contributed by atoms with van der Waals surface area (Å²) >= 11 is 5.72. The van der Waals surface area contributed by atoms with Gasteiger partial charge in [-0.15, -0.1) is 0 Å². The number of carboxylic acid groups (broad SMARTS) is 1. The van der Waals surface area contributed by atoms with Crippen LogP contribution in [0.1, 0.15) is 37.6 Å². The minimum Gasteiger partial charge on any atom is -0.478 e. The average Bonchev–Trinajstić information content (AvgIpc) is 2.25. The van der Waals surface area contributed by atoms with Crippen LogP contribution in [0, 0.1) is 5.41 Å². The Labute approximate surface area is 117 Å². The van der Waals surface area contributed by atoms with Crippen molar-refractivity contribution < 1.29 is 15.0 Å². The molecule has 19 heavy (non-hydrogen) atoms. The van der Waals surface area contributed by atoms with Crippen molar-refractivity contribution in [3.05, 3.63) is 22.8 Å². The first-order chi connectivity index (χ1) is 8.69. The lowest BCUT2D eigenvalue weighted by Gasteiger charge is -2.22. The summed E-state index contributed by atoms with van der Waals surface area (Å²) in [5, 5.41) is 21.8. The van der Waals surface area contributed by atoms with Crippen LogP contribution < -0.4 is 5.32 Å². The molecular weight excluding hydrogens is 268 g/mol. The summed E-state index contributed by atoms with van der Waals surface area (Å²) < 4.78 is 0. The third kappa shape index (κ3) is 5.44. The molecule has 5 nitrogen and oxygen atoms in total. The molecule has 0 amide bonds. The number of rotatable bonds is 5. The number of halogens is 1. The van der Waals surface area contributed by atoms with Gasteiger partial charge in [0, 0.05) is 12.7 Å². The molecule has 1 unspecified atom stereocenters. The smallest absolute Gasteiger partial charge is 0.337 e. The van der Waals surface area contributed by atoms with E-state index in [0.717, 1.165) is 0 Å². The Balaban J connectivity index is 2.63. The van der Waals surface area contributed by atoms with Crippen LogP contribution in [-0.4, -0.2) is 33.8 Å². The number of hydrogen-bond acceptors (Lipinski definition) is 4. The fourth-order valence-corrected chi connectivity index (χ4v) is 1.88. The topological polar surface area (TPSA) is 82.5 Å². The van der Waals surface area contributed by atoms with Crippen LogP contribution in [0.15, 0.2) is 12.3 Å². The Hall–Kier alpha value is -1.33. The largest absolute Gasteiger partial charge is 0.478 e. The number of aromatic carboxylic acids is 1. The van der Waals surface area contributed by atoms with Gasteiger partial charge in [-0.3, -0.25) is 0 Å². The van der Waals surface area contributed by atoms with Crippen LogP contribution >= 0.6 is 11.6 Å². The summed E-state index contributed by atoms with van der Waals surface area (Å²) in [4.78, 5) is 14.9. The van der Waals surface area contributed by atoms with E-state index in [1.807, 2.05) is 20.8 Å². The lowest BCUT2D eigenvalue weighted by molar-refractivity contribution is 0.0697. The summed E-state index contributed by atoms with van der Waals surface area (Å²) in [7, 11) is 0. The highest BCUT2D eigenvalue weighted by atomic mass is 35.5. The van der Waals surface area contributed by atoms with Crippen molar-refractivity contribution in [3.8, 4) is 0 Å². The molecule has 106 valence electrons. The highest BCUT2D eigenvalue weighted by Gasteiger charge is 2.17. The Morgan fingerprint density at radius 1 is 1.53 bits per heavy atom. The zero-order valence-electron chi connectivity index (χ0n) is 11.3. The zero-order chi connectivity index (χ0) is 14.6. The third-order valence-corrected chi connectivity index (χ3v) is 2.75. The summed E-state index contributed by atoms with van der Waals surface area (Å²) in [6, 6.07) is 1.36. The highest BCUT2D eigenvalue weighted by Crippen LogP contribution is 2.21. The van der Waals surface area contributed by atoms with Crippen molar-refractivity contribution in [1.82, 2.24) is 4.98 Å². The average molecular weight is 287 g/mol. The summed E-state index contributed by atoms with van der Waals surface area (Å²) in [6.07, 6.45) is 1.40. The van der Waals surface area contributed by atoms with E-state index in [2.05, 4.69) is 10.3 Å². The number of aliphatic hydroxyl groups excluding tert-OH is 1. The second-order valence-corrected chi connectivity index (χ2v) is 6.06. The lowest BCUT2D eigenvalue weighted by Crippen LogP contribution is -2.25. The normalized spacial score (nSPS) is 13.1. The van der Waals surface area contributed by atoms with Crippen molar-refractivity contribution in [1.29, 1.82) is 0 Å². The van der Waals surface area contributed by atoms with E-state index in [9.17, 15) is 9.90 Å². The van der Waals surface area contributed by atoms with E-state index in [0.29, 0.717) is 18.8 Å². The molecule has 0 aliphatic carbocycles. The number of pyridine rings is 1. The van der Waals surface area contributed by atoms with Crippen LogP contribution in [-0.2, 0) is 0 Å². The van der Waals surface area contributed by atoms with Crippen LogP contribution in [0.4, 0.5) is 5.82 Å². The summed E-state index contributed by atoms with van der Waals surface area (Å²) in [5.74, 6) is -0.722. The maximum absolute atomic E-state index is 10.9. The Kier molecular flexibility index (Phi) is 5.14. The summed E-state index contributed by atoms with van der Waals surface area (Å²) in [5.41, 5.74) is 0.0188. The number of nitrogens with one attached hydrogen (secondary N) is 1. The molecule has 0 aliphatic rings. The van der Waals surface area contributed by atoms with Gasteiger partial charge in [-0.05, 0) is 17.9 Å². The molecule has 0 aliphatic heterocycles. The van der Waals surface area contributed by atoms with Crippen LogP contribution in [0.3, 0.4) is 0 Å². The maximum Gasteiger partial charge on any atom is 0.337 e. The number of anilines is 1. The Morgan fingerprint density at radius 2 is 2.16 bits per heavy atom. The van der Waals surface area contributed by atoms with E-state index < -0.39 is 12.1 Å². The van der Waals surface area contributed by atoms with E-state index in [1.165, 1.54) is 12.3 Å². The second kappa shape index (κ2) is 6.21. The van der Waals surface area contributed by atoms with Gasteiger partial charge in [0.1, 0.15) is 5.82 Å². The molecule has 0 saturated heterocycles. The number of aliphatic hydroxyl groups is 1. The molecule has 0 spiro atoms. The van der Waals surface area contributed by atoms with Crippen molar-refractivity contribution in [2.45, 2.75) is 33.3 Å². The fraction of sp³-hybridized carbons (Fsp3) is 0.538. The molecular formula is C13H19ClN2O3. The zero-order valence-corrected chi connectivity index (χ0v) is 12.0. The molecule has 0 fully saturated rings. The van der Waals surface area contributed by atoms with Gasteiger partial charge in [0.15, 0.2) is 0 Å². The van der Waals surface area contributed by atoms with Crippen LogP contribution in [0.5, 0.6) is 0 Å². The molecule has 0 radical (unpaired) electrons. The maximum atomic E-state index is 10.9. The minimum absolute atomic E-state index is 0.00974. The van der Waals surface area contributed by atoms with Gasteiger partial charge in [-0.25, -0.2) is 9.78 Å². The van der Waals surface area contributed by atoms with E-state index in [-0.39, 0.29) is 16.0 Å². The van der Waals surface area contributed by atoms with Gasteiger partial charge in [-0.1, -0.05) is 32.4 Å². The van der Waals surface area contributed by atoms with Crippen molar-refractivity contribution in [2.75, 3.05) is 11.9 Å². The predicted molar refractivity (Wildman–Crippen MR) is 74.8 cm³/mol. The number of hydrogen-bond donors (Lipinski definition) is 3. The first kappa shape index (κ1) is 15.7. The predicted octanol–water partition coefficient (Wildman–Crippen LogP) is 2.64. The first-order valence-corrected chi connectivity index (χ1v) is 6.37. The number of aromatic nitrogens is 1. The lowest BCUT2D eigenvalue weighted by atomic mass is 9.89. The molecule has 6 heteroatoms. The Morgan fingerprint density at radius 3 is 2.68 bits per heavy atom. The minimum atomic E-state index is -1.11. The second-order valence-electron chi connectivity index (χ2n) is 5.65. The van der Waals surface area contributed by atoms with Crippen LogP contribution in [0.2, 0.25) is 5.02 Å². The first-order valence-electron chi connectivity index (χ1n) is 6.00.